The lowest BCUT2D eigenvalue weighted by Crippen LogP contribution is -2.07. The molecule has 0 radical (unpaired) electrons. The van der Waals surface area contributed by atoms with Gasteiger partial charge in [-0.2, -0.15) is 0 Å². The molecule has 1 N–H and O–H groups in total. The number of thiazole rings is 2. The molecule has 3 rings (SSSR count). The number of anilines is 1. The van der Waals surface area contributed by atoms with Crippen LogP contribution in [0.1, 0.15) is 22.0 Å². The second kappa shape index (κ2) is 5.42. The second-order valence-electron chi connectivity index (χ2n) is 4.69. The molecule has 3 aromatic heterocycles. The van der Waals surface area contributed by atoms with Crippen LogP contribution in [0.15, 0.2) is 17.7 Å². The number of rotatable bonds is 3. The quantitative estimate of drug-likeness (QED) is 0.753. The van der Waals surface area contributed by atoms with Crippen molar-refractivity contribution in [3.05, 3.63) is 39.6 Å². The van der Waals surface area contributed by atoms with Gasteiger partial charge in [-0.25, -0.2) is 9.97 Å². The summed E-state index contributed by atoms with van der Waals surface area (Å²) in [5.41, 5.74) is 2.75. The summed E-state index contributed by atoms with van der Waals surface area (Å²) in [7, 11) is 0. The van der Waals surface area contributed by atoms with Gasteiger partial charge in [0.1, 0.15) is 0 Å². The summed E-state index contributed by atoms with van der Waals surface area (Å²) in [6.07, 6.45) is 5.33. The molecule has 3 aromatic rings. The van der Waals surface area contributed by atoms with Gasteiger partial charge in [0.2, 0.25) is 5.91 Å². The van der Waals surface area contributed by atoms with E-state index in [9.17, 15) is 4.79 Å². The molecular weight excluding hydrogens is 304 g/mol. The molecule has 0 saturated heterocycles. The first-order valence-corrected chi connectivity index (χ1v) is 8.09. The average molecular weight is 318 g/mol. The van der Waals surface area contributed by atoms with E-state index in [1.807, 2.05) is 36.7 Å². The van der Waals surface area contributed by atoms with Crippen molar-refractivity contribution in [2.75, 3.05) is 5.32 Å². The molecule has 0 unspecified atom stereocenters. The normalized spacial score (nSPS) is 11.6. The number of nitrogens with one attached hydrogen (secondary N) is 1. The number of imidazole rings is 1. The van der Waals surface area contributed by atoms with E-state index in [1.165, 1.54) is 22.3 Å². The van der Waals surface area contributed by atoms with Gasteiger partial charge in [0.15, 0.2) is 10.1 Å². The van der Waals surface area contributed by atoms with Crippen LogP contribution in [0.25, 0.3) is 11.0 Å². The minimum absolute atomic E-state index is 0.189. The molecule has 21 heavy (non-hydrogen) atoms. The van der Waals surface area contributed by atoms with Crippen molar-refractivity contribution in [3.8, 4) is 0 Å². The van der Waals surface area contributed by atoms with Crippen LogP contribution in [-0.2, 0) is 4.79 Å². The minimum atomic E-state index is -0.189. The van der Waals surface area contributed by atoms with Crippen LogP contribution < -0.4 is 5.32 Å². The predicted octanol–water partition coefficient (Wildman–Crippen LogP) is 3.43. The molecule has 0 aromatic carbocycles. The molecule has 5 nitrogen and oxygen atoms in total. The number of fused-ring (bicyclic) bond motifs is 1. The number of carbonyl (C=O) groups is 1. The molecule has 0 bridgehead atoms. The molecule has 7 heteroatoms. The number of aromatic nitrogens is 3. The summed E-state index contributed by atoms with van der Waals surface area (Å²) in [5.74, 6) is -0.189. The minimum Gasteiger partial charge on any atom is -0.298 e. The predicted molar refractivity (Wildman–Crippen MR) is 87.1 cm³/mol. The van der Waals surface area contributed by atoms with Crippen LogP contribution in [-0.4, -0.2) is 20.3 Å². The fourth-order valence-electron chi connectivity index (χ4n) is 1.99. The van der Waals surface area contributed by atoms with Gasteiger partial charge in [-0.15, -0.1) is 22.7 Å². The number of aryl methyl sites for hydroxylation is 3. The van der Waals surface area contributed by atoms with Crippen LogP contribution in [0.4, 0.5) is 5.13 Å². The van der Waals surface area contributed by atoms with Crippen LogP contribution in [0.5, 0.6) is 0 Å². The maximum atomic E-state index is 11.9. The lowest BCUT2D eigenvalue weighted by molar-refractivity contribution is -0.111. The molecule has 0 fully saturated rings. The van der Waals surface area contributed by atoms with Gasteiger partial charge in [-0.05, 0) is 26.8 Å². The third-order valence-corrected chi connectivity index (χ3v) is 4.68. The Balaban J connectivity index is 1.80. The molecule has 0 saturated carbocycles. The highest BCUT2D eigenvalue weighted by atomic mass is 32.1. The Morgan fingerprint density at radius 3 is 2.86 bits per heavy atom. The molecule has 0 aliphatic rings. The zero-order chi connectivity index (χ0) is 15.0. The number of carbonyl (C=O) groups excluding carboxylic acids is 1. The van der Waals surface area contributed by atoms with E-state index >= 15 is 0 Å². The maximum Gasteiger partial charge on any atom is 0.250 e. The van der Waals surface area contributed by atoms with Crippen LogP contribution in [0, 0.1) is 20.8 Å². The summed E-state index contributed by atoms with van der Waals surface area (Å²) < 4.78 is 2.01. The molecule has 108 valence electrons. The topological polar surface area (TPSA) is 59.3 Å². The number of hydrogen-bond donors (Lipinski definition) is 1. The van der Waals surface area contributed by atoms with E-state index in [4.69, 9.17) is 0 Å². The van der Waals surface area contributed by atoms with Crippen molar-refractivity contribution in [1.82, 2.24) is 14.4 Å². The first-order valence-electron chi connectivity index (χ1n) is 6.39. The van der Waals surface area contributed by atoms with Crippen molar-refractivity contribution in [2.45, 2.75) is 20.8 Å². The second-order valence-corrected chi connectivity index (χ2v) is 6.76. The van der Waals surface area contributed by atoms with E-state index in [-0.39, 0.29) is 5.91 Å². The van der Waals surface area contributed by atoms with Crippen LogP contribution in [0.3, 0.4) is 0 Å². The van der Waals surface area contributed by atoms with Gasteiger partial charge in [0, 0.05) is 22.5 Å². The Morgan fingerprint density at radius 1 is 1.33 bits per heavy atom. The first kappa shape index (κ1) is 14.0. The zero-order valence-electron chi connectivity index (χ0n) is 11.9. The van der Waals surface area contributed by atoms with E-state index in [0.29, 0.717) is 5.13 Å². The standard InChI is InChI=1S/C14H14N4OS2/c1-8-7-20-13(15-8)17-12(19)5-4-11-10(3)16-14-18(11)6-9(2)21-14/h4-7H,1-3H3,(H,15,17,19). The van der Waals surface area contributed by atoms with E-state index in [2.05, 4.69) is 15.3 Å². The van der Waals surface area contributed by atoms with Crippen LogP contribution in [0.2, 0.25) is 0 Å². The zero-order valence-corrected chi connectivity index (χ0v) is 13.5. The Labute approximate surface area is 130 Å². The third kappa shape index (κ3) is 2.88. The highest BCUT2D eigenvalue weighted by Crippen LogP contribution is 2.21. The Bertz CT molecular complexity index is 841. The third-order valence-electron chi connectivity index (χ3n) is 2.90. The molecule has 0 spiro atoms. The largest absolute Gasteiger partial charge is 0.298 e. The molecule has 0 atom stereocenters. The lowest BCUT2D eigenvalue weighted by Gasteiger charge is -1.96. The van der Waals surface area contributed by atoms with Gasteiger partial charge < -0.3 is 0 Å². The van der Waals surface area contributed by atoms with Crippen molar-refractivity contribution in [3.63, 3.8) is 0 Å². The van der Waals surface area contributed by atoms with E-state index < -0.39 is 0 Å². The van der Waals surface area contributed by atoms with E-state index in [0.717, 1.165) is 22.0 Å². The Kier molecular flexibility index (Phi) is 3.60. The maximum absolute atomic E-state index is 11.9. The average Bonchev–Trinajstić information content (AvgIpc) is 3.03. The summed E-state index contributed by atoms with van der Waals surface area (Å²) in [6.45, 7) is 5.88. The van der Waals surface area contributed by atoms with Crippen molar-refractivity contribution in [2.24, 2.45) is 0 Å². The SMILES string of the molecule is Cc1csc(NC(=O)C=Cc2c(C)nc3sc(C)cn23)n1. The van der Waals surface area contributed by atoms with Crippen LogP contribution >= 0.6 is 22.7 Å². The molecule has 0 aliphatic carbocycles. The number of hydrogen-bond acceptors (Lipinski definition) is 5. The molecule has 1 amide bonds. The smallest absolute Gasteiger partial charge is 0.250 e. The Hall–Kier alpha value is -1.99. The summed E-state index contributed by atoms with van der Waals surface area (Å²) in [4.78, 5) is 22.7. The molecule has 3 heterocycles. The van der Waals surface area contributed by atoms with Crippen molar-refractivity contribution >= 4 is 44.7 Å². The lowest BCUT2D eigenvalue weighted by atomic mass is 10.3. The summed E-state index contributed by atoms with van der Waals surface area (Å²) >= 11 is 3.05. The highest BCUT2D eigenvalue weighted by Gasteiger charge is 2.09. The van der Waals surface area contributed by atoms with Crippen molar-refractivity contribution < 1.29 is 4.79 Å². The van der Waals surface area contributed by atoms with Gasteiger partial charge in [0.05, 0.1) is 17.1 Å². The number of amides is 1. The first-order chi connectivity index (χ1) is 10.0. The summed E-state index contributed by atoms with van der Waals surface area (Å²) in [6, 6.07) is 0. The fraction of sp³-hybridized carbons (Fsp3) is 0.214. The van der Waals surface area contributed by atoms with Gasteiger partial charge in [0.25, 0.3) is 0 Å². The van der Waals surface area contributed by atoms with Gasteiger partial charge in [-0.1, -0.05) is 0 Å². The van der Waals surface area contributed by atoms with Gasteiger partial charge in [-0.3, -0.25) is 14.5 Å². The van der Waals surface area contributed by atoms with Crippen molar-refractivity contribution in [1.29, 1.82) is 0 Å². The molecular formula is C14H14N4OS2. The van der Waals surface area contributed by atoms with E-state index in [1.54, 1.807) is 17.4 Å². The number of nitrogens with zero attached hydrogens (tertiary/aromatic N) is 3. The molecule has 0 aliphatic heterocycles. The fourth-order valence-corrected chi connectivity index (χ4v) is 3.56. The van der Waals surface area contributed by atoms with Gasteiger partial charge >= 0.3 is 0 Å². The summed E-state index contributed by atoms with van der Waals surface area (Å²) in [5, 5.41) is 5.27. The highest BCUT2D eigenvalue weighted by molar-refractivity contribution is 7.17. The monoisotopic (exact) mass is 318 g/mol. The Morgan fingerprint density at radius 2 is 2.14 bits per heavy atom.